The molecule has 0 saturated carbocycles. The smallest absolute Gasteiger partial charge is 0.257 e. The van der Waals surface area contributed by atoms with Crippen LogP contribution in [0.15, 0.2) is 23.3 Å². The van der Waals surface area contributed by atoms with Crippen LogP contribution >= 0.6 is 0 Å². The Balaban J connectivity index is 2.07. The summed E-state index contributed by atoms with van der Waals surface area (Å²) < 4.78 is 0. The fourth-order valence-corrected chi connectivity index (χ4v) is 1.63. The Kier molecular flexibility index (Phi) is 2.82. The van der Waals surface area contributed by atoms with Gasteiger partial charge in [-0.1, -0.05) is 0 Å². The zero-order valence-electron chi connectivity index (χ0n) is 8.25. The summed E-state index contributed by atoms with van der Waals surface area (Å²) in [6.45, 7) is 1.69. The number of pyridine rings is 1. The van der Waals surface area contributed by atoms with Gasteiger partial charge in [-0.3, -0.25) is 9.59 Å². The molecular weight excluding hydrogens is 194 g/mol. The Labute approximate surface area is 86.9 Å². The van der Waals surface area contributed by atoms with Crippen LogP contribution < -0.4 is 16.1 Å². The summed E-state index contributed by atoms with van der Waals surface area (Å²) >= 11 is 0. The first-order valence-corrected chi connectivity index (χ1v) is 4.96. The number of carbonyl (C=O) groups excluding carboxylic acids is 1. The fraction of sp³-hybridized carbons (Fsp3) is 0.400. The van der Waals surface area contributed by atoms with Gasteiger partial charge in [-0.05, 0) is 13.0 Å². The molecule has 0 aromatic carbocycles. The largest absolute Gasteiger partial charge is 0.367 e. The van der Waals surface area contributed by atoms with Gasteiger partial charge in [0.15, 0.2) is 5.43 Å². The summed E-state index contributed by atoms with van der Waals surface area (Å²) in [5, 5.41) is 5.96. The number of amides is 1. The van der Waals surface area contributed by atoms with Crippen LogP contribution in [0.5, 0.6) is 0 Å². The minimum Gasteiger partial charge on any atom is -0.367 e. The van der Waals surface area contributed by atoms with Crippen molar-refractivity contribution in [1.29, 1.82) is 0 Å². The highest BCUT2D eigenvalue weighted by molar-refractivity contribution is 5.93. The van der Waals surface area contributed by atoms with E-state index in [1.54, 1.807) is 0 Å². The molecule has 2 rings (SSSR count). The Hall–Kier alpha value is -1.62. The summed E-state index contributed by atoms with van der Waals surface area (Å²) in [6, 6.07) is 1.49. The molecule has 1 aliphatic rings. The predicted octanol–water partition coefficient (Wildman–Crippen LogP) is -0.533. The number of nitrogens with one attached hydrogen (secondary N) is 3. The third kappa shape index (κ3) is 2.24. The van der Waals surface area contributed by atoms with Crippen molar-refractivity contribution in [3.63, 3.8) is 0 Å². The molecule has 5 heteroatoms. The molecule has 1 aromatic rings. The van der Waals surface area contributed by atoms with Crippen molar-refractivity contribution in [2.24, 2.45) is 0 Å². The molecule has 0 spiro atoms. The van der Waals surface area contributed by atoms with E-state index < -0.39 is 0 Å². The van der Waals surface area contributed by atoms with E-state index >= 15 is 0 Å². The van der Waals surface area contributed by atoms with E-state index in [9.17, 15) is 9.59 Å². The summed E-state index contributed by atoms with van der Waals surface area (Å²) in [5.41, 5.74) is -0.0818. The molecule has 80 valence electrons. The average Bonchev–Trinajstić information content (AvgIpc) is 2.71. The second-order valence-corrected chi connectivity index (χ2v) is 3.59. The van der Waals surface area contributed by atoms with E-state index in [0.29, 0.717) is 0 Å². The van der Waals surface area contributed by atoms with Crippen LogP contribution in [0, 0.1) is 0 Å². The molecule has 3 N–H and O–H groups in total. The molecule has 1 saturated heterocycles. The van der Waals surface area contributed by atoms with E-state index in [2.05, 4.69) is 15.6 Å². The highest BCUT2D eigenvalue weighted by Gasteiger charge is 2.18. The normalized spacial score (nSPS) is 20.1. The first-order chi connectivity index (χ1) is 7.27. The molecule has 0 aliphatic carbocycles. The van der Waals surface area contributed by atoms with Gasteiger partial charge in [0.1, 0.15) is 5.56 Å². The van der Waals surface area contributed by atoms with Gasteiger partial charge in [0.25, 0.3) is 5.91 Å². The highest BCUT2D eigenvalue weighted by Crippen LogP contribution is 1.98. The SMILES string of the molecule is O=C(N[C@H]1CCNC1)c1c[nH]ccc1=O. The zero-order chi connectivity index (χ0) is 10.7. The van der Waals surface area contributed by atoms with Crippen molar-refractivity contribution in [3.05, 3.63) is 34.2 Å². The lowest BCUT2D eigenvalue weighted by atomic mass is 10.2. The second-order valence-electron chi connectivity index (χ2n) is 3.59. The number of aromatic nitrogens is 1. The summed E-state index contributed by atoms with van der Waals surface area (Å²) in [6.07, 6.45) is 3.85. The minimum absolute atomic E-state index is 0.136. The van der Waals surface area contributed by atoms with Crippen LogP contribution in [0.25, 0.3) is 0 Å². The van der Waals surface area contributed by atoms with Crippen molar-refractivity contribution in [2.75, 3.05) is 13.1 Å². The van der Waals surface area contributed by atoms with Crippen molar-refractivity contribution in [2.45, 2.75) is 12.5 Å². The number of rotatable bonds is 2. The highest BCUT2D eigenvalue weighted by atomic mass is 16.2. The van der Waals surface area contributed by atoms with E-state index in [1.807, 2.05) is 0 Å². The lowest BCUT2D eigenvalue weighted by Crippen LogP contribution is -2.38. The molecule has 0 bridgehead atoms. The maximum Gasteiger partial charge on any atom is 0.257 e. The monoisotopic (exact) mass is 207 g/mol. The Bertz CT molecular complexity index is 407. The topological polar surface area (TPSA) is 74.0 Å². The quantitative estimate of drug-likeness (QED) is 0.610. The van der Waals surface area contributed by atoms with Gasteiger partial charge in [-0.2, -0.15) is 0 Å². The Morgan fingerprint density at radius 3 is 3.07 bits per heavy atom. The standard InChI is InChI=1S/C10H13N3O2/c14-9-2-4-12-6-8(9)10(15)13-7-1-3-11-5-7/h2,4,6-7,11H,1,3,5H2,(H,12,14)(H,13,15)/t7-/m0/s1. The number of carbonyl (C=O) groups is 1. The summed E-state index contributed by atoms with van der Waals surface area (Å²) in [5.74, 6) is -0.300. The number of aromatic amines is 1. The maximum atomic E-state index is 11.7. The molecular formula is C10H13N3O2. The van der Waals surface area contributed by atoms with Crippen molar-refractivity contribution in [1.82, 2.24) is 15.6 Å². The number of hydrogen-bond donors (Lipinski definition) is 3. The third-order valence-corrected chi connectivity index (χ3v) is 2.46. The van der Waals surface area contributed by atoms with Gasteiger partial charge in [-0.25, -0.2) is 0 Å². The van der Waals surface area contributed by atoms with Gasteiger partial charge in [-0.15, -0.1) is 0 Å². The van der Waals surface area contributed by atoms with Gasteiger partial charge >= 0.3 is 0 Å². The molecule has 1 amide bonds. The molecule has 1 atom stereocenters. The molecule has 1 fully saturated rings. The van der Waals surface area contributed by atoms with Gasteiger partial charge in [0.05, 0.1) is 0 Å². The van der Waals surface area contributed by atoms with Gasteiger partial charge in [0, 0.05) is 31.0 Å². The van der Waals surface area contributed by atoms with Crippen LogP contribution in [0.1, 0.15) is 16.8 Å². The first kappa shape index (κ1) is 9.92. The minimum atomic E-state index is -0.300. The molecule has 0 radical (unpaired) electrons. The van der Waals surface area contributed by atoms with Crippen LogP contribution in [0.4, 0.5) is 0 Å². The van der Waals surface area contributed by atoms with E-state index in [4.69, 9.17) is 0 Å². The van der Waals surface area contributed by atoms with Crippen molar-refractivity contribution in [3.8, 4) is 0 Å². The van der Waals surface area contributed by atoms with Crippen LogP contribution in [0.2, 0.25) is 0 Å². The van der Waals surface area contributed by atoms with E-state index in [1.165, 1.54) is 18.5 Å². The van der Waals surface area contributed by atoms with Crippen LogP contribution in [-0.2, 0) is 0 Å². The van der Waals surface area contributed by atoms with Crippen molar-refractivity contribution < 1.29 is 4.79 Å². The Morgan fingerprint density at radius 1 is 1.53 bits per heavy atom. The fourth-order valence-electron chi connectivity index (χ4n) is 1.63. The maximum absolute atomic E-state index is 11.7. The molecule has 1 aromatic heterocycles. The van der Waals surface area contributed by atoms with E-state index in [0.717, 1.165) is 19.5 Å². The van der Waals surface area contributed by atoms with Gasteiger partial charge < -0.3 is 15.6 Å². The molecule has 0 unspecified atom stereocenters. The van der Waals surface area contributed by atoms with Crippen LogP contribution in [-0.4, -0.2) is 30.0 Å². The zero-order valence-corrected chi connectivity index (χ0v) is 8.25. The first-order valence-electron chi connectivity index (χ1n) is 4.96. The third-order valence-electron chi connectivity index (χ3n) is 2.46. The van der Waals surface area contributed by atoms with Crippen LogP contribution in [0.3, 0.4) is 0 Å². The number of hydrogen-bond acceptors (Lipinski definition) is 3. The number of H-pyrrole nitrogens is 1. The lowest BCUT2D eigenvalue weighted by Gasteiger charge is -2.10. The molecule has 15 heavy (non-hydrogen) atoms. The second kappa shape index (κ2) is 4.27. The average molecular weight is 207 g/mol. The molecule has 2 heterocycles. The van der Waals surface area contributed by atoms with Crippen molar-refractivity contribution >= 4 is 5.91 Å². The summed E-state index contributed by atoms with van der Waals surface area (Å²) in [4.78, 5) is 25.7. The van der Waals surface area contributed by atoms with Gasteiger partial charge in [0.2, 0.25) is 0 Å². The van der Waals surface area contributed by atoms with E-state index in [-0.39, 0.29) is 22.9 Å². The lowest BCUT2D eigenvalue weighted by molar-refractivity contribution is 0.0938. The Morgan fingerprint density at radius 2 is 2.40 bits per heavy atom. The molecule has 5 nitrogen and oxygen atoms in total. The predicted molar refractivity (Wildman–Crippen MR) is 55.8 cm³/mol. The molecule has 1 aliphatic heterocycles. The summed E-state index contributed by atoms with van der Waals surface area (Å²) in [7, 11) is 0.